The molecule has 4 heteroatoms. The molecule has 1 N–H and O–H groups in total. The molecule has 0 fully saturated rings. The number of rotatable bonds is 3. The molecule has 3 rings (SSSR count). The molecule has 1 aliphatic rings. The Bertz CT molecular complexity index is 560. The average molecular weight is 243 g/mol. The Morgan fingerprint density at radius 2 is 2.28 bits per heavy atom. The molecule has 0 unspecified atom stereocenters. The predicted molar refractivity (Wildman–Crippen MR) is 70.5 cm³/mol. The van der Waals surface area contributed by atoms with Crippen molar-refractivity contribution < 1.29 is 4.52 Å². The maximum absolute atomic E-state index is 5.32. The van der Waals surface area contributed by atoms with Crippen molar-refractivity contribution in [2.24, 2.45) is 5.92 Å². The van der Waals surface area contributed by atoms with Gasteiger partial charge in [0.2, 0.25) is 0 Å². The number of hydrogen-bond donors (Lipinski definition) is 1. The van der Waals surface area contributed by atoms with Crippen molar-refractivity contribution in [1.82, 2.24) is 10.1 Å². The smallest absolute Gasteiger partial charge is 0.257 e. The van der Waals surface area contributed by atoms with Crippen LogP contribution in [0.4, 0.5) is 5.69 Å². The minimum absolute atomic E-state index is 0.539. The van der Waals surface area contributed by atoms with Crippen LogP contribution >= 0.6 is 0 Å². The third-order valence-corrected chi connectivity index (χ3v) is 3.13. The second-order valence-electron chi connectivity index (χ2n) is 5.16. The molecule has 0 bridgehead atoms. The third-order valence-electron chi connectivity index (χ3n) is 3.13. The van der Waals surface area contributed by atoms with E-state index in [9.17, 15) is 0 Å². The lowest BCUT2D eigenvalue weighted by molar-refractivity contribution is 0.418. The van der Waals surface area contributed by atoms with Crippen molar-refractivity contribution >= 4 is 5.69 Å². The molecule has 0 saturated heterocycles. The van der Waals surface area contributed by atoms with Gasteiger partial charge in [-0.3, -0.25) is 0 Å². The van der Waals surface area contributed by atoms with E-state index in [1.165, 1.54) is 11.3 Å². The lowest BCUT2D eigenvalue weighted by Crippen LogP contribution is -1.95. The van der Waals surface area contributed by atoms with Crippen molar-refractivity contribution in [3.05, 3.63) is 29.6 Å². The van der Waals surface area contributed by atoms with Crippen LogP contribution in [0.15, 0.2) is 22.7 Å². The Labute approximate surface area is 106 Å². The maximum atomic E-state index is 5.32. The second kappa shape index (κ2) is 4.44. The number of nitrogens with one attached hydrogen (secondary N) is 1. The summed E-state index contributed by atoms with van der Waals surface area (Å²) in [6.45, 7) is 5.31. The van der Waals surface area contributed by atoms with Crippen molar-refractivity contribution in [2.75, 3.05) is 11.9 Å². The summed E-state index contributed by atoms with van der Waals surface area (Å²) < 4.78 is 5.32. The molecule has 1 aromatic heterocycles. The molecule has 0 radical (unpaired) electrons. The molecular weight excluding hydrogens is 226 g/mol. The molecule has 1 aromatic carbocycles. The van der Waals surface area contributed by atoms with E-state index in [0.717, 1.165) is 30.8 Å². The van der Waals surface area contributed by atoms with Gasteiger partial charge in [0, 0.05) is 24.2 Å². The van der Waals surface area contributed by atoms with Crippen molar-refractivity contribution in [3.8, 4) is 11.5 Å². The number of anilines is 1. The fourth-order valence-electron chi connectivity index (χ4n) is 2.24. The first-order valence-electron chi connectivity index (χ1n) is 6.42. The van der Waals surface area contributed by atoms with E-state index in [2.05, 4.69) is 47.5 Å². The van der Waals surface area contributed by atoms with Gasteiger partial charge in [0.25, 0.3) is 5.89 Å². The standard InChI is InChI=1S/C14H17N3O/c1-9(2)7-13-16-14(18-17-13)11-4-3-10-5-6-15-12(10)8-11/h3-4,8-9,15H,5-7H2,1-2H3. The van der Waals surface area contributed by atoms with Gasteiger partial charge >= 0.3 is 0 Å². The van der Waals surface area contributed by atoms with Crippen LogP contribution in [-0.2, 0) is 12.8 Å². The van der Waals surface area contributed by atoms with E-state index in [1.807, 2.05) is 0 Å². The van der Waals surface area contributed by atoms with E-state index < -0.39 is 0 Å². The SMILES string of the molecule is CC(C)Cc1noc(-c2ccc3c(c2)NCC3)n1. The van der Waals surface area contributed by atoms with Gasteiger partial charge in [-0.25, -0.2) is 0 Å². The molecule has 2 aromatic rings. The summed E-state index contributed by atoms with van der Waals surface area (Å²) in [5.41, 5.74) is 3.54. The lowest BCUT2D eigenvalue weighted by Gasteiger charge is -2.00. The molecule has 0 aliphatic carbocycles. The Morgan fingerprint density at radius 3 is 3.11 bits per heavy atom. The van der Waals surface area contributed by atoms with E-state index >= 15 is 0 Å². The van der Waals surface area contributed by atoms with Crippen LogP contribution in [0.5, 0.6) is 0 Å². The minimum atomic E-state index is 0.539. The van der Waals surface area contributed by atoms with Gasteiger partial charge in [-0.15, -0.1) is 0 Å². The van der Waals surface area contributed by atoms with Gasteiger partial charge in [0.15, 0.2) is 5.82 Å². The summed E-state index contributed by atoms with van der Waals surface area (Å²) in [4.78, 5) is 4.44. The summed E-state index contributed by atoms with van der Waals surface area (Å²) in [6.07, 6.45) is 1.95. The number of hydrogen-bond acceptors (Lipinski definition) is 4. The number of nitrogens with zero attached hydrogens (tertiary/aromatic N) is 2. The van der Waals surface area contributed by atoms with Gasteiger partial charge in [-0.1, -0.05) is 25.1 Å². The van der Waals surface area contributed by atoms with Gasteiger partial charge < -0.3 is 9.84 Å². The summed E-state index contributed by atoms with van der Waals surface area (Å²) in [6, 6.07) is 6.28. The van der Waals surface area contributed by atoms with Crippen LogP contribution in [-0.4, -0.2) is 16.7 Å². The first kappa shape index (κ1) is 11.3. The van der Waals surface area contributed by atoms with Crippen LogP contribution in [0, 0.1) is 5.92 Å². The first-order chi connectivity index (χ1) is 8.72. The minimum Gasteiger partial charge on any atom is -0.384 e. The highest BCUT2D eigenvalue weighted by Gasteiger charge is 2.14. The average Bonchev–Trinajstić information content (AvgIpc) is 2.95. The predicted octanol–water partition coefficient (Wildman–Crippen LogP) is 2.90. The van der Waals surface area contributed by atoms with Crippen LogP contribution in [0.1, 0.15) is 25.2 Å². The molecule has 1 aliphatic heterocycles. The molecular formula is C14H17N3O. The molecule has 18 heavy (non-hydrogen) atoms. The molecule has 0 spiro atoms. The molecule has 0 atom stereocenters. The summed E-state index contributed by atoms with van der Waals surface area (Å²) in [5, 5.41) is 7.38. The summed E-state index contributed by atoms with van der Waals surface area (Å²) in [5.74, 6) is 1.94. The summed E-state index contributed by atoms with van der Waals surface area (Å²) in [7, 11) is 0. The van der Waals surface area contributed by atoms with Crippen LogP contribution < -0.4 is 5.32 Å². The van der Waals surface area contributed by atoms with Gasteiger partial charge in [-0.05, 0) is 30.0 Å². The molecule has 2 heterocycles. The van der Waals surface area contributed by atoms with Gasteiger partial charge in [0.05, 0.1) is 0 Å². The monoisotopic (exact) mass is 243 g/mol. The Kier molecular flexibility index (Phi) is 2.78. The van der Waals surface area contributed by atoms with E-state index in [4.69, 9.17) is 4.52 Å². The largest absolute Gasteiger partial charge is 0.384 e. The lowest BCUT2D eigenvalue weighted by atomic mass is 10.1. The topological polar surface area (TPSA) is 51.0 Å². The van der Waals surface area contributed by atoms with Crippen LogP contribution in [0.2, 0.25) is 0 Å². The molecule has 0 amide bonds. The summed E-state index contributed by atoms with van der Waals surface area (Å²) >= 11 is 0. The zero-order chi connectivity index (χ0) is 12.5. The maximum Gasteiger partial charge on any atom is 0.257 e. The molecule has 0 saturated carbocycles. The fraction of sp³-hybridized carbons (Fsp3) is 0.429. The van der Waals surface area contributed by atoms with E-state index in [-0.39, 0.29) is 0 Å². The third kappa shape index (κ3) is 2.10. The number of aromatic nitrogens is 2. The first-order valence-corrected chi connectivity index (χ1v) is 6.42. The zero-order valence-electron chi connectivity index (χ0n) is 10.7. The Hall–Kier alpha value is -1.84. The Morgan fingerprint density at radius 1 is 1.39 bits per heavy atom. The molecule has 94 valence electrons. The van der Waals surface area contributed by atoms with Gasteiger partial charge in [0.1, 0.15) is 0 Å². The molecule has 4 nitrogen and oxygen atoms in total. The van der Waals surface area contributed by atoms with Gasteiger partial charge in [-0.2, -0.15) is 4.98 Å². The van der Waals surface area contributed by atoms with Crippen molar-refractivity contribution in [1.29, 1.82) is 0 Å². The number of fused-ring (bicyclic) bond motifs is 1. The highest BCUT2D eigenvalue weighted by Crippen LogP contribution is 2.28. The fourth-order valence-corrected chi connectivity index (χ4v) is 2.24. The van der Waals surface area contributed by atoms with E-state index in [0.29, 0.717) is 11.8 Å². The van der Waals surface area contributed by atoms with Crippen molar-refractivity contribution in [3.63, 3.8) is 0 Å². The quantitative estimate of drug-likeness (QED) is 0.900. The Balaban J connectivity index is 1.88. The second-order valence-corrected chi connectivity index (χ2v) is 5.16. The van der Waals surface area contributed by atoms with E-state index in [1.54, 1.807) is 0 Å². The number of benzene rings is 1. The zero-order valence-corrected chi connectivity index (χ0v) is 10.7. The van der Waals surface area contributed by atoms with Crippen molar-refractivity contribution in [2.45, 2.75) is 26.7 Å². The van der Waals surface area contributed by atoms with Crippen LogP contribution in [0.3, 0.4) is 0 Å². The highest BCUT2D eigenvalue weighted by molar-refractivity contribution is 5.66. The highest BCUT2D eigenvalue weighted by atomic mass is 16.5. The van der Waals surface area contributed by atoms with Crippen LogP contribution in [0.25, 0.3) is 11.5 Å². The normalized spacial score (nSPS) is 13.7.